The van der Waals surface area contributed by atoms with Gasteiger partial charge in [0.1, 0.15) is 0 Å². The quantitative estimate of drug-likeness (QED) is 0.672. The molecule has 0 atom stereocenters. The number of amides is 1. The van der Waals surface area contributed by atoms with E-state index in [4.69, 9.17) is 5.73 Å². The second-order valence-electron chi connectivity index (χ2n) is 3.43. The Morgan fingerprint density at radius 2 is 1.68 bits per heavy atom. The first-order valence-corrected chi connectivity index (χ1v) is 8.20. The van der Waals surface area contributed by atoms with Crippen LogP contribution in [0.1, 0.15) is 10.4 Å². The summed E-state index contributed by atoms with van der Waals surface area (Å²) in [6.45, 7) is 0. The second kappa shape index (κ2) is 5.01. The van der Waals surface area contributed by atoms with Crippen molar-refractivity contribution < 1.29 is 30.0 Å². The van der Waals surface area contributed by atoms with Gasteiger partial charge >= 0.3 is 20.2 Å². The lowest BCUT2D eigenvalue weighted by molar-refractivity contribution is 0.0998. The summed E-state index contributed by atoms with van der Waals surface area (Å²) < 4.78 is 53.1. The van der Waals surface area contributed by atoms with Gasteiger partial charge in [0.15, 0.2) is 0 Å². The van der Waals surface area contributed by atoms with Crippen molar-refractivity contribution in [3.05, 3.63) is 17.8 Å². The van der Waals surface area contributed by atoms with Gasteiger partial charge < -0.3 is 14.1 Å². The highest BCUT2D eigenvalue weighted by atomic mass is 32.2. The number of hydrogen-bond acceptors (Lipinski definition) is 8. The lowest BCUT2D eigenvalue weighted by Gasteiger charge is -2.10. The largest absolute Gasteiger partial charge is 0.376 e. The van der Waals surface area contributed by atoms with E-state index in [0.29, 0.717) is 6.26 Å². The molecular formula is C8H10N2O7S2. The van der Waals surface area contributed by atoms with Gasteiger partial charge in [0, 0.05) is 6.20 Å². The fraction of sp³-hybridized carbons (Fsp3) is 0.250. The Labute approximate surface area is 109 Å². The molecule has 0 aliphatic rings. The first kappa shape index (κ1) is 15.2. The maximum Gasteiger partial charge on any atom is 0.307 e. The maximum atomic E-state index is 11.1. The molecule has 11 heteroatoms. The van der Waals surface area contributed by atoms with Crippen LogP contribution in [0.2, 0.25) is 0 Å². The van der Waals surface area contributed by atoms with Crippen molar-refractivity contribution in [1.82, 2.24) is 4.98 Å². The molecule has 0 bridgehead atoms. The molecule has 0 spiro atoms. The van der Waals surface area contributed by atoms with Crippen LogP contribution in [0.5, 0.6) is 11.6 Å². The molecular weight excluding hydrogens is 300 g/mol. The van der Waals surface area contributed by atoms with E-state index in [1.165, 1.54) is 0 Å². The Bertz CT molecular complexity index is 709. The molecule has 0 aliphatic carbocycles. The number of nitrogens with two attached hydrogens (primary N) is 1. The SMILES string of the molecule is CS(=O)(=O)Oc1nccc(C(N)=O)c1OS(C)(=O)=O. The predicted octanol–water partition coefficient (Wildman–Crippen LogP) is -1.14. The van der Waals surface area contributed by atoms with Crippen LogP contribution in [0, 0.1) is 0 Å². The summed E-state index contributed by atoms with van der Waals surface area (Å²) in [5.74, 6) is -2.40. The van der Waals surface area contributed by atoms with Gasteiger partial charge in [-0.25, -0.2) is 4.98 Å². The van der Waals surface area contributed by atoms with Crippen molar-refractivity contribution in [2.24, 2.45) is 5.73 Å². The first-order valence-electron chi connectivity index (χ1n) is 4.57. The standard InChI is InChI=1S/C8H10N2O7S2/c1-18(12,13)16-6-5(7(9)11)3-4-10-8(6)17-19(2,14)15/h3-4H,1-2H3,(H2,9,11). The van der Waals surface area contributed by atoms with Gasteiger partial charge in [-0.1, -0.05) is 0 Å². The number of carbonyl (C=O) groups excluding carboxylic acids is 1. The van der Waals surface area contributed by atoms with E-state index in [1.54, 1.807) is 0 Å². The van der Waals surface area contributed by atoms with Crippen LogP contribution < -0.4 is 14.1 Å². The fourth-order valence-corrected chi connectivity index (χ4v) is 1.93. The second-order valence-corrected chi connectivity index (χ2v) is 6.58. The molecule has 0 aromatic carbocycles. The van der Waals surface area contributed by atoms with Gasteiger partial charge in [-0.3, -0.25) is 4.79 Å². The number of rotatable bonds is 5. The Morgan fingerprint density at radius 1 is 1.16 bits per heavy atom. The normalized spacial score (nSPS) is 11.9. The minimum atomic E-state index is -4.03. The van der Waals surface area contributed by atoms with Crippen LogP contribution in [-0.2, 0) is 20.2 Å². The predicted molar refractivity (Wildman–Crippen MR) is 63.7 cm³/mol. The first-order chi connectivity index (χ1) is 8.49. The van der Waals surface area contributed by atoms with Crippen LogP contribution in [0.15, 0.2) is 12.3 Å². The molecule has 106 valence electrons. The molecule has 0 unspecified atom stereocenters. The molecule has 9 nitrogen and oxygen atoms in total. The molecule has 1 heterocycles. The van der Waals surface area contributed by atoms with E-state index in [9.17, 15) is 21.6 Å². The Morgan fingerprint density at radius 3 is 2.11 bits per heavy atom. The molecule has 0 saturated carbocycles. The monoisotopic (exact) mass is 310 g/mol. The van der Waals surface area contributed by atoms with Gasteiger partial charge in [0.25, 0.3) is 11.8 Å². The van der Waals surface area contributed by atoms with E-state index in [1.807, 2.05) is 0 Å². The van der Waals surface area contributed by atoms with Crippen LogP contribution >= 0.6 is 0 Å². The number of aromatic nitrogens is 1. The summed E-state index contributed by atoms with van der Waals surface area (Å²) in [5.41, 5.74) is 4.64. The van der Waals surface area contributed by atoms with E-state index < -0.39 is 37.8 Å². The summed E-state index contributed by atoms with van der Waals surface area (Å²) in [7, 11) is -8.02. The Hall–Kier alpha value is -1.88. The number of carbonyl (C=O) groups is 1. The molecule has 2 N–H and O–H groups in total. The molecule has 0 fully saturated rings. The highest BCUT2D eigenvalue weighted by Gasteiger charge is 2.23. The smallest absolute Gasteiger partial charge is 0.307 e. The van der Waals surface area contributed by atoms with Crippen molar-refractivity contribution in [3.8, 4) is 11.6 Å². The van der Waals surface area contributed by atoms with Crippen LogP contribution in [-0.4, -0.2) is 40.2 Å². The minimum absolute atomic E-state index is 0.376. The number of pyridine rings is 1. The molecule has 1 rings (SSSR count). The topological polar surface area (TPSA) is 143 Å². The summed E-state index contributed by atoms with van der Waals surface area (Å²) in [6, 6.07) is 1.07. The third-order valence-electron chi connectivity index (χ3n) is 1.60. The van der Waals surface area contributed by atoms with Crippen molar-refractivity contribution in [2.45, 2.75) is 0 Å². The van der Waals surface area contributed by atoms with E-state index in [-0.39, 0.29) is 5.56 Å². The number of hydrogen-bond donors (Lipinski definition) is 1. The third kappa shape index (κ3) is 4.71. The summed E-state index contributed by atoms with van der Waals surface area (Å²) in [5, 5.41) is 0. The van der Waals surface area contributed by atoms with Crippen molar-refractivity contribution in [2.75, 3.05) is 12.5 Å². The zero-order valence-electron chi connectivity index (χ0n) is 9.85. The maximum absolute atomic E-state index is 11.1. The van der Waals surface area contributed by atoms with Gasteiger partial charge in [-0.2, -0.15) is 16.8 Å². The van der Waals surface area contributed by atoms with Gasteiger partial charge in [-0.05, 0) is 6.07 Å². The fourth-order valence-electron chi connectivity index (χ4n) is 1.06. The average molecular weight is 310 g/mol. The summed E-state index contributed by atoms with van der Waals surface area (Å²) in [6.07, 6.45) is 2.45. The molecule has 1 aromatic heterocycles. The van der Waals surface area contributed by atoms with Crippen LogP contribution in [0.4, 0.5) is 0 Å². The van der Waals surface area contributed by atoms with Gasteiger partial charge in [0.05, 0.1) is 18.1 Å². The summed E-state index contributed by atoms with van der Waals surface area (Å²) >= 11 is 0. The average Bonchev–Trinajstić information content (AvgIpc) is 2.15. The molecule has 0 saturated heterocycles. The van der Waals surface area contributed by atoms with Crippen molar-refractivity contribution in [1.29, 1.82) is 0 Å². The zero-order valence-corrected chi connectivity index (χ0v) is 11.5. The van der Waals surface area contributed by atoms with Crippen LogP contribution in [0.25, 0.3) is 0 Å². The zero-order chi connectivity index (χ0) is 14.8. The van der Waals surface area contributed by atoms with Gasteiger partial charge in [-0.15, -0.1) is 0 Å². The minimum Gasteiger partial charge on any atom is -0.376 e. The van der Waals surface area contributed by atoms with E-state index in [2.05, 4.69) is 13.4 Å². The highest BCUT2D eigenvalue weighted by Crippen LogP contribution is 2.30. The molecule has 0 radical (unpaired) electrons. The molecule has 1 amide bonds. The highest BCUT2D eigenvalue weighted by molar-refractivity contribution is 7.86. The Kier molecular flexibility index (Phi) is 4.00. The number of nitrogens with zero attached hydrogens (tertiary/aromatic N) is 1. The van der Waals surface area contributed by atoms with Crippen molar-refractivity contribution in [3.63, 3.8) is 0 Å². The van der Waals surface area contributed by atoms with E-state index in [0.717, 1.165) is 18.5 Å². The molecule has 19 heavy (non-hydrogen) atoms. The van der Waals surface area contributed by atoms with E-state index >= 15 is 0 Å². The lowest BCUT2D eigenvalue weighted by Crippen LogP contribution is -2.18. The van der Waals surface area contributed by atoms with Gasteiger partial charge in [0.2, 0.25) is 5.75 Å². The number of primary amides is 1. The summed E-state index contributed by atoms with van der Waals surface area (Å²) in [4.78, 5) is 14.6. The lowest BCUT2D eigenvalue weighted by atomic mass is 10.2. The molecule has 0 aliphatic heterocycles. The Balaban J connectivity index is 3.46. The van der Waals surface area contributed by atoms with Crippen LogP contribution in [0.3, 0.4) is 0 Å². The third-order valence-corrected chi connectivity index (χ3v) is 2.53. The molecule has 1 aromatic rings. The van der Waals surface area contributed by atoms with Crippen molar-refractivity contribution >= 4 is 26.1 Å².